The lowest BCUT2D eigenvalue weighted by molar-refractivity contribution is 0.242. The van der Waals surface area contributed by atoms with Crippen LogP contribution in [0.2, 0.25) is 0 Å². The normalized spacial score (nSPS) is 11.1. The molecule has 106 valence electrons. The molecule has 1 aromatic carbocycles. The van der Waals surface area contributed by atoms with Crippen molar-refractivity contribution >= 4 is 12.2 Å². The summed E-state index contributed by atoms with van der Waals surface area (Å²) >= 11 is 5.25. The molecule has 20 heavy (non-hydrogen) atoms. The van der Waals surface area contributed by atoms with Gasteiger partial charge in [0.2, 0.25) is 0 Å². The first-order valence-electron chi connectivity index (χ1n) is 6.84. The largest absolute Gasteiger partial charge is 0.491 e. The van der Waals surface area contributed by atoms with Gasteiger partial charge in [-0.1, -0.05) is 38.2 Å². The smallest absolute Gasteiger partial charge is 0.130 e. The zero-order valence-corrected chi connectivity index (χ0v) is 13.1. The molecular formula is C16H20N2OS. The van der Waals surface area contributed by atoms with Crippen molar-refractivity contribution in [1.82, 2.24) is 9.97 Å². The number of aromatic amines is 1. The molecular weight excluding hydrogens is 268 g/mol. The summed E-state index contributed by atoms with van der Waals surface area (Å²) in [5, 5.41) is 0. The van der Waals surface area contributed by atoms with Gasteiger partial charge in [-0.25, -0.2) is 4.98 Å². The van der Waals surface area contributed by atoms with E-state index in [9.17, 15) is 0 Å². The van der Waals surface area contributed by atoms with Gasteiger partial charge in [0.15, 0.2) is 0 Å². The number of aromatic nitrogens is 2. The molecule has 0 aliphatic rings. The van der Waals surface area contributed by atoms with Gasteiger partial charge in [-0.05, 0) is 32.0 Å². The quantitative estimate of drug-likeness (QED) is 0.827. The molecule has 0 aliphatic carbocycles. The van der Waals surface area contributed by atoms with Crippen LogP contribution < -0.4 is 4.74 Å². The van der Waals surface area contributed by atoms with Crippen molar-refractivity contribution in [3.63, 3.8) is 0 Å². The third kappa shape index (κ3) is 3.67. The molecule has 0 aliphatic heterocycles. The summed E-state index contributed by atoms with van der Waals surface area (Å²) < 4.78 is 6.34. The van der Waals surface area contributed by atoms with Crippen LogP contribution in [0.5, 0.6) is 5.75 Å². The van der Waals surface area contributed by atoms with Crippen molar-refractivity contribution < 1.29 is 4.74 Å². The van der Waals surface area contributed by atoms with E-state index in [0.29, 0.717) is 10.6 Å². The number of nitrogens with one attached hydrogen (secondary N) is 1. The number of H-pyrrole nitrogens is 1. The van der Waals surface area contributed by atoms with Crippen LogP contribution in [-0.4, -0.2) is 16.1 Å². The number of benzene rings is 1. The van der Waals surface area contributed by atoms with Crippen molar-refractivity contribution in [3.05, 3.63) is 40.8 Å². The van der Waals surface area contributed by atoms with Gasteiger partial charge in [0, 0.05) is 17.2 Å². The van der Waals surface area contributed by atoms with E-state index in [1.165, 1.54) is 0 Å². The molecule has 0 fully saturated rings. The molecule has 1 N–H and O–H groups in total. The highest BCUT2D eigenvalue weighted by Gasteiger charge is 2.06. The number of rotatable bonds is 4. The summed E-state index contributed by atoms with van der Waals surface area (Å²) in [4.78, 5) is 7.71. The fraction of sp³-hybridized carbons (Fsp3) is 0.375. The van der Waals surface area contributed by atoms with E-state index in [1.807, 2.05) is 44.2 Å². The van der Waals surface area contributed by atoms with Crippen LogP contribution in [0.3, 0.4) is 0 Å². The second-order valence-electron chi connectivity index (χ2n) is 5.37. The van der Waals surface area contributed by atoms with E-state index in [2.05, 4.69) is 23.8 Å². The minimum absolute atomic E-state index is 0.160. The van der Waals surface area contributed by atoms with E-state index in [4.69, 9.17) is 17.0 Å². The predicted molar refractivity (Wildman–Crippen MR) is 84.7 cm³/mol. The van der Waals surface area contributed by atoms with Crippen molar-refractivity contribution in [2.24, 2.45) is 0 Å². The lowest BCUT2D eigenvalue weighted by Crippen LogP contribution is -2.05. The van der Waals surface area contributed by atoms with Gasteiger partial charge in [-0.3, -0.25) is 0 Å². The Hall–Kier alpha value is -1.68. The van der Waals surface area contributed by atoms with Gasteiger partial charge >= 0.3 is 0 Å². The fourth-order valence-electron chi connectivity index (χ4n) is 1.91. The Kier molecular flexibility index (Phi) is 4.55. The third-order valence-electron chi connectivity index (χ3n) is 2.82. The van der Waals surface area contributed by atoms with Crippen molar-refractivity contribution in [2.75, 3.05) is 0 Å². The topological polar surface area (TPSA) is 37.9 Å². The van der Waals surface area contributed by atoms with E-state index < -0.39 is 0 Å². The first-order chi connectivity index (χ1) is 9.45. The predicted octanol–water partition coefficient (Wildman–Crippen LogP) is 4.72. The van der Waals surface area contributed by atoms with E-state index in [-0.39, 0.29) is 6.10 Å². The summed E-state index contributed by atoms with van der Waals surface area (Å²) in [6, 6.07) is 9.89. The highest BCUT2D eigenvalue weighted by Crippen LogP contribution is 2.24. The minimum atomic E-state index is 0.160. The lowest BCUT2D eigenvalue weighted by Gasteiger charge is -2.12. The molecule has 0 saturated carbocycles. The van der Waals surface area contributed by atoms with Gasteiger partial charge in [-0.2, -0.15) is 0 Å². The van der Waals surface area contributed by atoms with Crippen LogP contribution in [0, 0.1) is 4.64 Å². The summed E-state index contributed by atoms with van der Waals surface area (Å²) in [5.41, 5.74) is 2.03. The zero-order valence-electron chi connectivity index (χ0n) is 12.3. The molecule has 0 saturated heterocycles. The third-order valence-corrected chi connectivity index (χ3v) is 3.03. The standard InChI is InChI=1S/C16H20N2OS/c1-10(2)16-17-14(9-15(20)18-16)12-6-5-7-13(8-12)19-11(3)4/h5-11H,1-4H3,(H,17,18,20). The first-order valence-corrected chi connectivity index (χ1v) is 7.25. The second-order valence-corrected chi connectivity index (χ2v) is 5.79. The Labute approximate surface area is 125 Å². The molecule has 0 spiro atoms. The van der Waals surface area contributed by atoms with E-state index in [0.717, 1.165) is 22.8 Å². The highest BCUT2D eigenvalue weighted by molar-refractivity contribution is 7.71. The Morgan fingerprint density at radius 1 is 1.15 bits per heavy atom. The summed E-state index contributed by atoms with van der Waals surface area (Å²) in [5.74, 6) is 2.08. The van der Waals surface area contributed by atoms with Crippen molar-refractivity contribution in [3.8, 4) is 17.0 Å². The molecule has 0 bridgehead atoms. The van der Waals surface area contributed by atoms with E-state index >= 15 is 0 Å². The Morgan fingerprint density at radius 3 is 2.55 bits per heavy atom. The Bertz CT molecular complexity index is 647. The van der Waals surface area contributed by atoms with E-state index in [1.54, 1.807) is 0 Å². The van der Waals surface area contributed by atoms with Crippen LogP contribution in [0.4, 0.5) is 0 Å². The first kappa shape index (κ1) is 14.7. The van der Waals surface area contributed by atoms with Crippen molar-refractivity contribution in [1.29, 1.82) is 0 Å². The Morgan fingerprint density at radius 2 is 1.90 bits per heavy atom. The highest BCUT2D eigenvalue weighted by atomic mass is 32.1. The molecule has 1 aromatic heterocycles. The maximum Gasteiger partial charge on any atom is 0.130 e. The number of hydrogen-bond acceptors (Lipinski definition) is 3. The molecule has 0 amide bonds. The Balaban J connectivity index is 2.43. The van der Waals surface area contributed by atoms with Gasteiger partial charge in [0.05, 0.1) is 6.10 Å². The maximum atomic E-state index is 5.73. The molecule has 3 nitrogen and oxygen atoms in total. The van der Waals surface area contributed by atoms with Crippen molar-refractivity contribution in [2.45, 2.75) is 39.7 Å². The van der Waals surface area contributed by atoms with Gasteiger partial charge in [0.1, 0.15) is 16.2 Å². The fourth-order valence-corrected chi connectivity index (χ4v) is 2.13. The lowest BCUT2D eigenvalue weighted by atomic mass is 10.1. The van der Waals surface area contributed by atoms with Gasteiger partial charge in [0.25, 0.3) is 0 Å². The number of nitrogens with zero attached hydrogens (tertiary/aromatic N) is 1. The zero-order chi connectivity index (χ0) is 14.7. The average Bonchev–Trinajstić information content (AvgIpc) is 2.37. The molecule has 4 heteroatoms. The summed E-state index contributed by atoms with van der Waals surface area (Å²) in [6.07, 6.45) is 0.160. The maximum absolute atomic E-state index is 5.73. The molecule has 2 aromatic rings. The van der Waals surface area contributed by atoms with Gasteiger partial charge < -0.3 is 9.72 Å². The monoisotopic (exact) mass is 288 g/mol. The molecule has 1 heterocycles. The molecule has 2 rings (SSSR count). The second kappa shape index (κ2) is 6.18. The molecule has 0 unspecified atom stereocenters. The average molecular weight is 288 g/mol. The van der Waals surface area contributed by atoms with Crippen LogP contribution in [0.1, 0.15) is 39.4 Å². The minimum Gasteiger partial charge on any atom is -0.491 e. The summed E-state index contributed by atoms with van der Waals surface area (Å²) in [6.45, 7) is 8.22. The number of ether oxygens (including phenoxy) is 1. The summed E-state index contributed by atoms with van der Waals surface area (Å²) in [7, 11) is 0. The van der Waals surface area contributed by atoms with Crippen LogP contribution in [0.25, 0.3) is 11.3 Å². The molecule has 0 radical (unpaired) electrons. The SMILES string of the molecule is CC(C)Oc1cccc(-c2cc(=S)nc(C(C)C)[nH]2)c1. The van der Waals surface area contributed by atoms with Crippen LogP contribution in [0.15, 0.2) is 30.3 Å². The van der Waals surface area contributed by atoms with Gasteiger partial charge in [-0.15, -0.1) is 0 Å². The van der Waals surface area contributed by atoms with Crippen LogP contribution in [-0.2, 0) is 0 Å². The van der Waals surface area contributed by atoms with Crippen LogP contribution >= 0.6 is 12.2 Å². The molecule has 0 atom stereocenters. The number of hydrogen-bond donors (Lipinski definition) is 1.